The second-order valence-electron chi connectivity index (χ2n) is 5.33. The Morgan fingerprint density at radius 1 is 1.04 bits per heavy atom. The summed E-state index contributed by atoms with van der Waals surface area (Å²) in [7, 11) is 3.32. The maximum Gasteiger partial charge on any atom is 0.251 e. The normalized spacial score (nSPS) is 10.6. The van der Waals surface area contributed by atoms with Crippen LogP contribution in [0.5, 0.6) is 5.75 Å². The molecule has 0 radical (unpaired) electrons. The zero-order valence-corrected chi connectivity index (χ0v) is 17.4. The van der Waals surface area contributed by atoms with Gasteiger partial charge in [0.1, 0.15) is 5.75 Å². The van der Waals surface area contributed by atoms with Gasteiger partial charge in [-0.05, 0) is 36.4 Å². The highest BCUT2D eigenvalue weighted by Crippen LogP contribution is 2.10. The average molecular weight is 471 g/mol. The van der Waals surface area contributed by atoms with E-state index in [9.17, 15) is 4.79 Å². The van der Waals surface area contributed by atoms with Crippen molar-refractivity contribution in [2.75, 3.05) is 33.8 Å². The molecule has 0 unspecified atom stereocenters. The number of hydrogen-bond donors (Lipinski definition) is 3. The van der Waals surface area contributed by atoms with Gasteiger partial charge in [-0.1, -0.05) is 0 Å². The number of rotatable bonds is 8. The van der Waals surface area contributed by atoms with Crippen LogP contribution in [0, 0.1) is 0 Å². The number of benzene rings is 1. The summed E-state index contributed by atoms with van der Waals surface area (Å²) in [5.74, 6) is 1.33. The lowest BCUT2D eigenvalue weighted by molar-refractivity contribution is 0.0954. The van der Waals surface area contributed by atoms with E-state index >= 15 is 0 Å². The van der Waals surface area contributed by atoms with Gasteiger partial charge in [0.2, 0.25) is 0 Å². The number of methoxy groups -OCH3 is 1. The number of ether oxygens (including phenoxy) is 1. The van der Waals surface area contributed by atoms with Crippen molar-refractivity contribution in [1.29, 1.82) is 0 Å². The minimum Gasteiger partial charge on any atom is -0.497 e. The number of amides is 1. The predicted octanol–water partition coefficient (Wildman–Crippen LogP) is 1.71. The first-order valence-corrected chi connectivity index (χ1v) is 8.20. The Balaban J connectivity index is 0.00000338. The van der Waals surface area contributed by atoms with E-state index in [0.717, 1.165) is 18.8 Å². The molecule has 0 aliphatic heterocycles. The number of carbonyl (C=O) groups excluding carboxylic acids is 1. The van der Waals surface area contributed by atoms with E-state index in [2.05, 4.69) is 25.5 Å². The van der Waals surface area contributed by atoms with Crippen molar-refractivity contribution in [2.45, 2.75) is 6.54 Å². The molecule has 1 heterocycles. The maximum atomic E-state index is 12.0. The van der Waals surface area contributed by atoms with Gasteiger partial charge in [0.05, 0.1) is 7.11 Å². The number of guanidine groups is 1. The van der Waals surface area contributed by atoms with E-state index in [-0.39, 0.29) is 29.9 Å². The summed E-state index contributed by atoms with van der Waals surface area (Å²) < 4.78 is 7.17. The fourth-order valence-electron chi connectivity index (χ4n) is 2.24. The van der Waals surface area contributed by atoms with Crippen LogP contribution in [0.15, 0.2) is 53.8 Å². The van der Waals surface area contributed by atoms with Gasteiger partial charge in [0.25, 0.3) is 5.91 Å². The van der Waals surface area contributed by atoms with Crippen molar-refractivity contribution in [3.05, 3.63) is 54.4 Å². The lowest BCUT2D eigenvalue weighted by atomic mass is 10.2. The minimum absolute atomic E-state index is 0. The van der Waals surface area contributed by atoms with Crippen LogP contribution in [-0.4, -0.2) is 50.2 Å². The predicted molar refractivity (Wildman–Crippen MR) is 115 cm³/mol. The molecule has 0 saturated heterocycles. The summed E-state index contributed by atoms with van der Waals surface area (Å²) in [5.41, 5.74) is 0.607. The fourth-order valence-corrected chi connectivity index (χ4v) is 2.24. The number of nitrogens with zero attached hydrogens (tertiary/aromatic N) is 2. The van der Waals surface area contributed by atoms with Gasteiger partial charge < -0.3 is 25.3 Å². The highest BCUT2D eigenvalue weighted by atomic mass is 127. The molecule has 3 N–H and O–H groups in total. The van der Waals surface area contributed by atoms with Gasteiger partial charge in [-0.3, -0.25) is 9.79 Å². The van der Waals surface area contributed by atoms with E-state index in [1.807, 2.05) is 24.5 Å². The smallest absolute Gasteiger partial charge is 0.251 e. The summed E-state index contributed by atoms with van der Waals surface area (Å²) >= 11 is 0. The summed E-state index contributed by atoms with van der Waals surface area (Å²) in [6.45, 7) is 2.72. The Bertz CT molecular complexity index is 671. The number of aromatic nitrogens is 1. The molecule has 0 aliphatic rings. The molecule has 26 heavy (non-hydrogen) atoms. The van der Waals surface area contributed by atoms with Gasteiger partial charge in [0.15, 0.2) is 5.96 Å². The Hall–Kier alpha value is -2.23. The van der Waals surface area contributed by atoms with Crippen molar-refractivity contribution in [3.8, 4) is 5.75 Å². The van der Waals surface area contributed by atoms with Crippen LogP contribution in [0.4, 0.5) is 0 Å². The number of nitrogens with one attached hydrogen (secondary N) is 3. The third-order valence-corrected chi connectivity index (χ3v) is 3.61. The first-order valence-electron chi connectivity index (χ1n) is 8.20. The van der Waals surface area contributed by atoms with E-state index in [1.165, 1.54) is 0 Å². The van der Waals surface area contributed by atoms with Crippen LogP contribution < -0.4 is 20.7 Å². The SMILES string of the molecule is CN=C(NCCNC(=O)c1ccc(OC)cc1)NCCn1cccc1.I. The fraction of sp³-hybridized carbons (Fsp3) is 0.333. The van der Waals surface area contributed by atoms with E-state index in [1.54, 1.807) is 38.4 Å². The first kappa shape index (κ1) is 21.8. The molecule has 1 aromatic carbocycles. The molecule has 0 fully saturated rings. The van der Waals surface area contributed by atoms with Gasteiger partial charge in [-0.15, -0.1) is 24.0 Å². The molecule has 0 saturated carbocycles. The quantitative estimate of drug-likeness (QED) is 0.237. The van der Waals surface area contributed by atoms with Crippen molar-refractivity contribution in [3.63, 3.8) is 0 Å². The van der Waals surface area contributed by atoms with Gasteiger partial charge in [0, 0.05) is 51.2 Å². The van der Waals surface area contributed by atoms with Crippen LogP contribution in [0.2, 0.25) is 0 Å². The molecule has 1 aromatic heterocycles. The Morgan fingerprint density at radius 3 is 2.27 bits per heavy atom. The summed E-state index contributed by atoms with van der Waals surface area (Å²) in [5, 5.41) is 9.27. The van der Waals surface area contributed by atoms with Crippen molar-refractivity contribution in [2.24, 2.45) is 4.99 Å². The van der Waals surface area contributed by atoms with E-state index < -0.39 is 0 Å². The number of halogens is 1. The molecule has 2 aromatic rings. The molecular formula is C18H26IN5O2. The Kier molecular flexibility index (Phi) is 10.2. The van der Waals surface area contributed by atoms with Crippen LogP contribution in [0.3, 0.4) is 0 Å². The Labute approximate surface area is 171 Å². The first-order chi connectivity index (χ1) is 12.2. The van der Waals surface area contributed by atoms with Crippen LogP contribution in [0.25, 0.3) is 0 Å². The van der Waals surface area contributed by atoms with Crippen molar-refractivity contribution < 1.29 is 9.53 Å². The topological polar surface area (TPSA) is 79.7 Å². The highest BCUT2D eigenvalue weighted by Gasteiger charge is 2.05. The number of hydrogen-bond acceptors (Lipinski definition) is 3. The molecule has 0 bridgehead atoms. The third kappa shape index (κ3) is 7.34. The highest BCUT2D eigenvalue weighted by molar-refractivity contribution is 14.0. The molecule has 2 rings (SSSR count). The van der Waals surface area contributed by atoms with Gasteiger partial charge >= 0.3 is 0 Å². The van der Waals surface area contributed by atoms with Gasteiger partial charge in [-0.2, -0.15) is 0 Å². The average Bonchev–Trinajstić information content (AvgIpc) is 3.17. The Morgan fingerprint density at radius 2 is 1.65 bits per heavy atom. The van der Waals surface area contributed by atoms with Crippen molar-refractivity contribution in [1.82, 2.24) is 20.5 Å². The largest absolute Gasteiger partial charge is 0.497 e. The minimum atomic E-state index is -0.111. The van der Waals surface area contributed by atoms with Crippen LogP contribution in [0.1, 0.15) is 10.4 Å². The zero-order valence-electron chi connectivity index (χ0n) is 15.1. The summed E-state index contributed by atoms with van der Waals surface area (Å²) in [6, 6.07) is 11.0. The molecular weight excluding hydrogens is 445 g/mol. The van der Waals surface area contributed by atoms with Crippen molar-refractivity contribution >= 4 is 35.8 Å². The zero-order chi connectivity index (χ0) is 17.9. The number of carbonyl (C=O) groups is 1. The number of aliphatic imine (C=N–C) groups is 1. The van der Waals surface area contributed by atoms with Crippen LogP contribution >= 0.6 is 24.0 Å². The second-order valence-corrected chi connectivity index (χ2v) is 5.33. The van der Waals surface area contributed by atoms with Gasteiger partial charge in [-0.25, -0.2) is 0 Å². The molecule has 8 heteroatoms. The molecule has 0 spiro atoms. The second kappa shape index (κ2) is 12.2. The maximum absolute atomic E-state index is 12.0. The summed E-state index contributed by atoms with van der Waals surface area (Å²) in [4.78, 5) is 16.2. The lowest BCUT2D eigenvalue weighted by Gasteiger charge is -2.12. The van der Waals surface area contributed by atoms with Crippen LogP contribution in [-0.2, 0) is 6.54 Å². The molecule has 0 atom stereocenters. The molecule has 142 valence electrons. The molecule has 0 aliphatic carbocycles. The van der Waals surface area contributed by atoms with E-state index in [0.29, 0.717) is 24.6 Å². The lowest BCUT2D eigenvalue weighted by Crippen LogP contribution is -2.42. The monoisotopic (exact) mass is 471 g/mol. The summed E-state index contributed by atoms with van der Waals surface area (Å²) in [6.07, 6.45) is 4.04. The standard InChI is InChI=1S/C18H25N5O2.HI/c1-19-18(22-11-14-23-12-3-4-13-23)21-10-9-20-17(24)15-5-7-16(25-2)8-6-15;/h3-8,12-13H,9-11,14H2,1-2H3,(H,20,24)(H2,19,21,22);1H. The third-order valence-electron chi connectivity index (χ3n) is 3.61. The molecule has 7 nitrogen and oxygen atoms in total. The molecule has 1 amide bonds. The van der Waals surface area contributed by atoms with E-state index in [4.69, 9.17) is 4.74 Å².